The van der Waals surface area contributed by atoms with Crippen molar-refractivity contribution in [3.63, 3.8) is 0 Å². The Balaban J connectivity index is 1.92. The zero-order chi connectivity index (χ0) is 19.4. The van der Waals surface area contributed by atoms with Crippen molar-refractivity contribution in [2.24, 2.45) is 0 Å². The first-order valence-electron chi connectivity index (χ1n) is 9.68. The van der Waals surface area contributed by atoms with Crippen LogP contribution in [0.2, 0.25) is 5.15 Å². The van der Waals surface area contributed by atoms with Crippen LogP contribution in [-0.4, -0.2) is 40.3 Å². The van der Waals surface area contributed by atoms with Gasteiger partial charge in [0.2, 0.25) is 5.91 Å². The highest BCUT2D eigenvalue weighted by atomic mass is 35.5. The Morgan fingerprint density at radius 1 is 1.15 bits per heavy atom. The van der Waals surface area contributed by atoms with Gasteiger partial charge in [0.25, 0.3) is 5.91 Å². The van der Waals surface area contributed by atoms with Crippen LogP contribution in [0, 0.1) is 0 Å². The Bertz CT molecular complexity index is 842. The molecule has 0 radical (unpaired) electrons. The van der Waals surface area contributed by atoms with E-state index >= 15 is 0 Å². The second-order valence-corrected chi connectivity index (χ2v) is 7.45. The molecule has 5 nitrogen and oxygen atoms in total. The van der Waals surface area contributed by atoms with Crippen molar-refractivity contribution >= 4 is 34.2 Å². The van der Waals surface area contributed by atoms with Gasteiger partial charge < -0.3 is 10.2 Å². The van der Waals surface area contributed by atoms with Crippen LogP contribution in [0.5, 0.6) is 0 Å². The number of benzene rings is 1. The summed E-state index contributed by atoms with van der Waals surface area (Å²) in [4.78, 5) is 32.3. The average molecular weight is 388 g/mol. The molecule has 0 atom stereocenters. The number of aromatic nitrogens is 1. The van der Waals surface area contributed by atoms with Crippen molar-refractivity contribution in [2.45, 2.75) is 51.5 Å². The summed E-state index contributed by atoms with van der Waals surface area (Å²) in [5.74, 6) is -0.336. The van der Waals surface area contributed by atoms with Crippen molar-refractivity contribution in [1.82, 2.24) is 15.2 Å². The molecule has 2 aromatic rings. The van der Waals surface area contributed by atoms with Crippen LogP contribution in [0.15, 0.2) is 30.3 Å². The second kappa shape index (κ2) is 8.26. The molecular weight excluding hydrogens is 362 g/mol. The van der Waals surface area contributed by atoms with Gasteiger partial charge in [-0.3, -0.25) is 9.59 Å². The number of rotatable bonds is 5. The molecule has 27 heavy (non-hydrogen) atoms. The van der Waals surface area contributed by atoms with E-state index in [9.17, 15) is 9.59 Å². The fraction of sp³-hybridized carbons (Fsp3) is 0.476. The summed E-state index contributed by atoms with van der Waals surface area (Å²) >= 11 is 6.28. The number of nitrogens with one attached hydrogen (secondary N) is 1. The zero-order valence-electron chi connectivity index (χ0n) is 15.9. The Hall–Kier alpha value is -2.14. The van der Waals surface area contributed by atoms with Crippen LogP contribution in [0.1, 0.15) is 56.4 Å². The number of hydrogen-bond donors (Lipinski definition) is 1. The summed E-state index contributed by atoms with van der Waals surface area (Å²) in [7, 11) is 0. The Kier molecular flexibility index (Phi) is 6.00. The maximum atomic E-state index is 13.2. The van der Waals surface area contributed by atoms with E-state index in [-0.39, 0.29) is 17.5 Å². The van der Waals surface area contributed by atoms with Crippen molar-refractivity contribution < 1.29 is 9.59 Å². The van der Waals surface area contributed by atoms with Gasteiger partial charge in [0.1, 0.15) is 16.4 Å². The van der Waals surface area contributed by atoms with E-state index in [1.807, 2.05) is 38.1 Å². The Morgan fingerprint density at radius 2 is 1.81 bits per heavy atom. The number of likely N-dealkylation sites (N-methyl/N-ethyl adjacent to an activating group) is 1. The third-order valence-corrected chi connectivity index (χ3v) is 5.73. The monoisotopic (exact) mass is 387 g/mol. The van der Waals surface area contributed by atoms with Crippen LogP contribution in [0.25, 0.3) is 10.8 Å². The number of fused-ring (bicyclic) bond motifs is 1. The average Bonchev–Trinajstić information content (AvgIpc) is 2.69. The van der Waals surface area contributed by atoms with E-state index in [2.05, 4.69) is 10.3 Å². The standard InChI is InChI=1S/C21H26ClN3O2/c1-3-25(4-2)20(27)21(12-8-5-9-13-21)24-19(26)17-14-15-10-6-7-11-16(15)18(22)23-17/h6-7,10-11,14H,3-5,8-9,12-13H2,1-2H3,(H,24,26). The number of carbonyl (C=O) groups is 2. The van der Waals surface area contributed by atoms with E-state index in [0.717, 1.165) is 30.0 Å². The minimum atomic E-state index is -0.846. The fourth-order valence-corrected chi connectivity index (χ4v) is 4.18. The molecule has 1 aliphatic carbocycles. The molecule has 0 bridgehead atoms. The highest BCUT2D eigenvalue weighted by molar-refractivity contribution is 6.34. The molecule has 1 aromatic carbocycles. The lowest BCUT2D eigenvalue weighted by atomic mass is 9.80. The van der Waals surface area contributed by atoms with Crippen LogP contribution >= 0.6 is 11.6 Å². The lowest BCUT2D eigenvalue weighted by Crippen LogP contribution is -2.60. The van der Waals surface area contributed by atoms with Crippen LogP contribution < -0.4 is 5.32 Å². The largest absolute Gasteiger partial charge is 0.341 e. The molecule has 1 N–H and O–H groups in total. The van der Waals surface area contributed by atoms with Gasteiger partial charge in [0.05, 0.1) is 0 Å². The van der Waals surface area contributed by atoms with Gasteiger partial charge in [-0.25, -0.2) is 4.98 Å². The summed E-state index contributed by atoms with van der Waals surface area (Å²) in [6.07, 6.45) is 4.27. The SMILES string of the molecule is CCN(CC)C(=O)C1(NC(=O)c2cc3ccccc3c(Cl)n2)CCCCC1. The van der Waals surface area contributed by atoms with E-state index in [1.54, 1.807) is 11.0 Å². The minimum absolute atomic E-state index is 0.00689. The van der Waals surface area contributed by atoms with Gasteiger partial charge in [-0.2, -0.15) is 0 Å². The number of pyridine rings is 1. The summed E-state index contributed by atoms with van der Waals surface area (Å²) in [5, 5.41) is 5.00. The molecule has 1 fully saturated rings. The normalized spacial score (nSPS) is 16.1. The number of nitrogens with zero attached hydrogens (tertiary/aromatic N) is 2. The molecule has 3 rings (SSSR count). The molecule has 0 spiro atoms. The number of halogens is 1. The van der Waals surface area contributed by atoms with Gasteiger partial charge in [0, 0.05) is 18.5 Å². The fourth-order valence-electron chi connectivity index (χ4n) is 3.92. The molecule has 144 valence electrons. The molecule has 1 saturated carbocycles. The van der Waals surface area contributed by atoms with Crippen molar-refractivity contribution in [2.75, 3.05) is 13.1 Å². The minimum Gasteiger partial charge on any atom is -0.341 e. The quantitative estimate of drug-likeness (QED) is 0.782. The first kappa shape index (κ1) is 19.6. The van der Waals surface area contributed by atoms with E-state index in [0.29, 0.717) is 31.1 Å². The van der Waals surface area contributed by atoms with Crippen LogP contribution in [-0.2, 0) is 4.79 Å². The lowest BCUT2D eigenvalue weighted by molar-refractivity contribution is -0.139. The predicted molar refractivity (Wildman–Crippen MR) is 108 cm³/mol. The second-order valence-electron chi connectivity index (χ2n) is 7.09. The first-order chi connectivity index (χ1) is 13.0. The Morgan fingerprint density at radius 3 is 2.48 bits per heavy atom. The third-order valence-electron chi connectivity index (χ3n) is 5.45. The maximum Gasteiger partial charge on any atom is 0.270 e. The lowest BCUT2D eigenvalue weighted by Gasteiger charge is -2.39. The summed E-state index contributed by atoms with van der Waals surface area (Å²) < 4.78 is 0. The number of hydrogen-bond acceptors (Lipinski definition) is 3. The van der Waals surface area contributed by atoms with Gasteiger partial charge in [-0.1, -0.05) is 55.1 Å². The molecule has 0 unspecified atom stereocenters. The van der Waals surface area contributed by atoms with E-state index in [4.69, 9.17) is 11.6 Å². The molecule has 1 aromatic heterocycles. The Labute approximate surface area is 165 Å². The van der Waals surface area contributed by atoms with Crippen molar-refractivity contribution in [3.8, 4) is 0 Å². The summed E-state index contributed by atoms with van der Waals surface area (Å²) in [6.45, 7) is 5.19. The molecule has 0 aliphatic heterocycles. The van der Waals surface area contributed by atoms with E-state index in [1.165, 1.54) is 0 Å². The van der Waals surface area contributed by atoms with Crippen LogP contribution in [0.3, 0.4) is 0 Å². The summed E-state index contributed by atoms with van der Waals surface area (Å²) in [6, 6.07) is 9.28. The molecule has 0 saturated heterocycles. The molecular formula is C21H26ClN3O2. The number of amides is 2. The molecule has 2 amide bonds. The topological polar surface area (TPSA) is 62.3 Å². The van der Waals surface area contributed by atoms with Gasteiger partial charge in [-0.15, -0.1) is 0 Å². The molecule has 1 heterocycles. The zero-order valence-corrected chi connectivity index (χ0v) is 16.7. The summed E-state index contributed by atoms with van der Waals surface area (Å²) in [5.41, 5.74) is -0.600. The number of carbonyl (C=O) groups excluding carboxylic acids is 2. The van der Waals surface area contributed by atoms with Gasteiger partial charge >= 0.3 is 0 Å². The smallest absolute Gasteiger partial charge is 0.270 e. The van der Waals surface area contributed by atoms with E-state index < -0.39 is 5.54 Å². The maximum absolute atomic E-state index is 13.2. The van der Waals surface area contributed by atoms with Gasteiger partial charge in [0.15, 0.2) is 0 Å². The first-order valence-corrected chi connectivity index (χ1v) is 10.1. The highest BCUT2D eigenvalue weighted by Gasteiger charge is 2.43. The predicted octanol–water partition coefficient (Wildman–Crippen LogP) is 4.19. The molecule has 6 heteroatoms. The van der Waals surface area contributed by atoms with Crippen LogP contribution in [0.4, 0.5) is 0 Å². The van der Waals surface area contributed by atoms with Gasteiger partial charge in [-0.05, 0) is 38.1 Å². The molecule has 1 aliphatic rings. The highest BCUT2D eigenvalue weighted by Crippen LogP contribution is 2.31. The third kappa shape index (κ3) is 3.93. The van der Waals surface area contributed by atoms with Crippen molar-refractivity contribution in [1.29, 1.82) is 0 Å². The van der Waals surface area contributed by atoms with Crippen molar-refractivity contribution in [3.05, 3.63) is 41.2 Å².